The molecule has 2 rings (SSSR count). The Hall–Kier alpha value is -2.70. The fraction of sp³-hybridized carbons (Fsp3) is 0.167. The highest BCUT2D eigenvalue weighted by molar-refractivity contribution is 5.96. The van der Waals surface area contributed by atoms with Crippen molar-refractivity contribution in [3.8, 4) is 0 Å². The summed E-state index contributed by atoms with van der Waals surface area (Å²) in [6.07, 6.45) is 1.19. The average molecular weight is 260 g/mol. The van der Waals surface area contributed by atoms with Crippen LogP contribution in [0, 0.1) is 0 Å². The number of hydrogen-bond acceptors (Lipinski definition) is 5. The molecule has 0 atom stereocenters. The van der Waals surface area contributed by atoms with Crippen molar-refractivity contribution < 1.29 is 14.1 Å². The zero-order chi connectivity index (χ0) is 13.7. The van der Waals surface area contributed by atoms with Crippen molar-refractivity contribution in [2.45, 2.75) is 13.5 Å². The van der Waals surface area contributed by atoms with Crippen LogP contribution in [0.1, 0.15) is 23.1 Å². The van der Waals surface area contributed by atoms with Gasteiger partial charge >= 0.3 is 6.03 Å². The number of carbonyl (C=O) groups excluding carboxylic acids is 2. The van der Waals surface area contributed by atoms with Gasteiger partial charge in [-0.05, 0) is 19.1 Å². The number of ketones is 1. The number of nitrogens with zero attached hydrogens (tertiary/aromatic N) is 2. The molecule has 0 spiro atoms. The molecule has 0 radical (unpaired) electrons. The molecule has 7 heteroatoms. The van der Waals surface area contributed by atoms with Gasteiger partial charge in [0.05, 0.1) is 6.54 Å². The maximum Gasteiger partial charge on any atom is 0.319 e. The minimum atomic E-state index is -0.412. The van der Waals surface area contributed by atoms with Crippen molar-refractivity contribution in [2.75, 3.05) is 5.32 Å². The highest BCUT2D eigenvalue weighted by Crippen LogP contribution is 2.10. The van der Waals surface area contributed by atoms with Crippen LogP contribution in [-0.2, 0) is 6.54 Å². The van der Waals surface area contributed by atoms with Crippen LogP contribution in [0.5, 0.6) is 0 Å². The Bertz CT molecular complexity index is 580. The van der Waals surface area contributed by atoms with E-state index >= 15 is 0 Å². The summed E-state index contributed by atoms with van der Waals surface area (Å²) in [6, 6.07) is 6.28. The molecule has 0 fully saturated rings. The van der Waals surface area contributed by atoms with Crippen molar-refractivity contribution in [2.24, 2.45) is 0 Å². The topological polar surface area (TPSA) is 97.1 Å². The van der Waals surface area contributed by atoms with Crippen LogP contribution in [0.4, 0.5) is 10.5 Å². The van der Waals surface area contributed by atoms with E-state index in [0.29, 0.717) is 17.1 Å². The van der Waals surface area contributed by atoms with E-state index in [2.05, 4.69) is 25.3 Å². The number of rotatable bonds is 4. The SMILES string of the molecule is CC(=O)c1cccc(NC(=O)NCc2ncon2)c1. The molecule has 1 aromatic heterocycles. The van der Waals surface area contributed by atoms with Crippen molar-refractivity contribution in [1.82, 2.24) is 15.5 Å². The maximum atomic E-state index is 11.6. The van der Waals surface area contributed by atoms with E-state index < -0.39 is 6.03 Å². The van der Waals surface area contributed by atoms with Gasteiger partial charge in [-0.25, -0.2) is 4.79 Å². The third kappa shape index (κ3) is 3.63. The molecule has 0 aliphatic rings. The van der Waals surface area contributed by atoms with Gasteiger partial charge in [-0.3, -0.25) is 4.79 Å². The standard InChI is InChI=1S/C12H12N4O3/c1-8(17)9-3-2-4-10(5-9)15-12(18)13-6-11-14-7-19-16-11/h2-5,7H,6H2,1H3,(H2,13,15,18). The molecule has 0 bridgehead atoms. The first kappa shape index (κ1) is 12.7. The van der Waals surface area contributed by atoms with Gasteiger partial charge in [0.15, 0.2) is 11.6 Å². The first-order chi connectivity index (χ1) is 9.15. The quantitative estimate of drug-likeness (QED) is 0.813. The first-order valence-electron chi connectivity index (χ1n) is 5.56. The number of anilines is 1. The van der Waals surface area contributed by atoms with Gasteiger partial charge in [0.25, 0.3) is 0 Å². The largest absolute Gasteiger partial charge is 0.343 e. The second-order valence-electron chi connectivity index (χ2n) is 3.79. The van der Waals surface area contributed by atoms with Crippen LogP contribution in [0.2, 0.25) is 0 Å². The highest BCUT2D eigenvalue weighted by atomic mass is 16.5. The Morgan fingerprint density at radius 2 is 2.21 bits per heavy atom. The summed E-state index contributed by atoms with van der Waals surface area (Å²) < 4.78 is 4.54. The zero-order valence-corrected chi connectivity index (χ0v) is 10.2. The number of benzene rings is 1. The number of aromatic nitrogens is 2. The van der Waals surface area contributed by atoms with Crippen molar-refractivity contribution in [3.05, 3.63) is 42.0 Å². The first-order valence-corrected chi connectivity index (χ1v) is 5.56. The fourth-order valence-electron chi connectivity index (χ4n) is 1.42. The molecule has 0 aliphatic heterocycles. The van der Waals surface area contributed by atoms with Crippen LogP contribution in [0.3, 0.4) is 0 Å². The lowest BCUT2D eigenvalue weighted by atomic mass is 10.1. The zero-order valence-electron chi connectivity index (χ0n) is 10.2. The van der Waals surface area contributed by atoms with Gasteiger partial charge in [0.2, 0.25) is 6.39 Å². The van der Waals surface area contributed by atoms with Gasteiger partial charge in [-0.1, -0.05) is 17.3 Å². The molecule has 1 aromatic carbocycles. The summed E-state index contributed by atoms with van der Waals surface area (Å²) in [5.74, 6) is 0.323. The molecule has 7 nitrogen and oxygen atoms in total. The maximum absolute atomic E-state index is 11.6. The van der Waals surface area contributed by atoms with Crippen LogP contribution in [0.15, 0.2) is 35.2 Å². The van der Waals surface area contributed by atoms with Crippen LogP contribution < -0.4 is 10.6 Å². The van der Waals surface area contributed by atoms with E-state index in [4.69, 9.17) is 0 Å². The van der Waals surface area contributed by atoms with Crippen molar-refractivity contribution >= 4 is 17.5 Å². The second-order valence-corrected chi connectivity index (χ2v) is 3.79. The lowest BCUT2D eigenvalue weighted by molar-refractivity contribution is 0.101. The number of Topliss-reactive ketones (excluding diaryl/α,β-unsaturated/α-hetero) is 1. The molecule has 2 amide bonds. The normalized spacial score (nSPS) is 9.95. The van der Waals surface area contributed by atoms with Gasteiger partial charge in [0.1, 0.15) is 0 Å². The molecule has 2 aromatic rings. The van der Waals surface area contributed by atoms with E-state index in [1.165, 1.54) is 13.3 Å². The molecular formula is C12H12N4O3. The summed E-state index contributed by atoms with van der Waals surface area (Å²) >= 11 is 0. The molecule has 0 unspecified atom stereocenters. The Balaban J connectivity index is 1.91. The van der Waals surface area contributed by atoms with E-state index in [-0.39, 0.29) is 12.3 Å². The molecule has 0 saturated carbocycles. The van der Waals surface area contributed by atoms with Crippen molar-refractivity contribution in [1.29, 1.82) is 0 Å². The highest BCUT2D eigenvalue weighted by Gasteiger charge is 2.05. The van der Waals surface area contributed by atoms with E-state index in [9.17, 15) is 9.59 Å². The van der Waals surface area contributed by atoms with Gasteiger partial charge < -0.3 is 15.2 Å². The number of carbonyl (C=O) groups is 2. The number of hydrogen-bond donors (Lipinski definition) is 2. The van der Waals surface area contributed by atoms with E-state index in [1.54, 1.807) is 24.3 Å². The number of amides is 2. The van der Waals surface area contributed by atoms with E-state index in [1.807, 2.05) is 0 Å². The summed E-state index contributed by atoms with van der Waals surface area (Å²) in [6.45, 7) is 1.63. The summed E-state index contributed by atoms with van der Waals surface area (Å²) in [5, 5.41) is 8.73. The summed E-state index contributed by atoms with van der Waals surface area (Å²) in [5.41, 5.74) is 1.08. The second kappa shape index (κ2) is 5.76. The van der Waals surface area contributed by atoms with Crippen molar-refractivity contribution in [3.63, 3.8) is 0 Å². The van der Waals surface area contributed by atoms with Crippen LogP contribution in [-0.4, -0.2) is 22.0 Å². The fourth-order valence-corrected chi connectivity index (χ4v) is 1.42. The minimum Gasteiger partial charge on any atom is -0.343 e. The lowest BCUT2D eigenvalue weighted by Gasteiger charge is -2.06. The third-order valence-corrected chi connectivity index (χ3v) is 2.34. The van der Waals surface area contributed by atoms with Crippen LogP contribution in [0.25, 0.3) is 0 Å². The summed E-state index contributed by atoms with van der Waals surface area (Å²) in [4.78, 5) is 26.6. The Morgan fingerprint density at radius 1 is 1.37 bits per heavy atom. The smallest absolute Gasteiger partial charge is 0.319 e. The Labute approximate surface area is 109 Å². The monoisotopic (exact) mass is 260 g/mol. The molecule has 2 N–H and O–H groups in total. The molecule has 98 valence electrons. The van der Waals surface area contributed by atoms with Gasteiger partial charge in [-0.15, -0.1) is 0 Å². The number of urea groups is 1. The molecule has 0 aliphatic carbocycles. The van der Waals surface area contributed by atoms with E-state index in [0.717, 1.165) is 0 Å². The summed E-state index contributed by atoms with van der Waals surface area (Å²) in [7, 11) is 0. The van der Waals surface area contributed by atoms with Gasteiger partial charge in [-0.2, -0.15) is 4.98 Å². The molecule has 1 heterocycles. The van der Waals surface area contributed by atoms with Crippen LogP contribution >= 0.6 is 0 Å². The number of nitrogens with one attached hydrogen (secondary N) is 2. The average Bonchev–Trinajstić information content (AvgIpc) is 2.90. The Morgan fingerprint density at radius 3 is 2.89 bits per heavy atom. The lowest BCUT2D eigenvalue weighted by Crippen LogP contribution is -2.28. The predicted octanol–water partition coefficient (Wildman–Crippen LogP) is 1.59. The predicted molar refractivity (Wildman–Crippen MR) is 66.6 cm³/mol. The molecule has 19 heavy (non-hydrogen) atoms. The van der Waals surface area contributed by atoms with Gasteiger partial charge in [0, 0.05) is 11.3 Å². The molecular weight excluding hydrogens is 248 g/mol. The molecule has 0 saturated heterocycles. The Kier molecular flexibility index (Phi) is 3.87. The third-order valence-electron chi connectivity index (χ3n) is 2.34. The minimum absolute atomic E-state index is 0.0594.